The molecule has 1 aliphatic rings. The fourth-order valence-electron chi connectivity index (χ4n) is 1.67. The highest BCUT2D eigenvalue weighted by molar-refractivity contribution is 7.10. The summed E-state index contributed by atoms with van der Waals surface area (Å²) in [7, 11) is 0. The summed E-state index contributed by atoms with van der Waals surface area (Å²) in [6, 6.07) is 1.95. The molecule has 0 saturated heterocycles. The second-order valence-electron chi connectivity index (χ2n) is 4.11. The van der Waals surface area contributed by atoms with Gasteiger partial charge in [0, 0.05) is 21.7 Å². The second-order valence-corrected chi connectivity index (χ2v) is 5.10. The van der Waals surface area contributed by atoms with Gasteiger partial charge in [-0.1, -0.05) is 18.3 Å². The Morgan fingerprint density at radius 3 is 3.06 bits per heavy atom. The van der Waals surface area contributed by atoms with Crippen LogP contribution in [0.5, 0.6) is 0 Å². The number of hydrogen-bond acceptors (Lipinski definition) is 3. The lowest BCUT2D eigenvalue weighted by Gasteiger charge is -2.23. The van der Waals surface area contributed by atoms with E-state index in [0.29, 0.717) is 6.54 Å². The Hall–Kier alpha value is -1.31. The summed E-state index contributed by atoms with van der Waals surface area (Å²) in [5.74, 6) is 5.86. The predicted octanol–water partition coefficient (Wildman–Crippen LogP) is 1.51. The molecule has 90 valence electrons. The maximum absolute atomic E-state index is 11.6. The smallest absolute Gasteiger partial charge is 0.223 e. The van der Waals surface area contributed by atoms with Crippen molar-refractivity contribution >= 4 is 17.2 Å². The summed E-state index contributed by atoms with van der Waals surface area (Å²) in [5.41, 5.74) is 0.900. The summed E-state index contributed by atoms with van der Waals surface area (Å²) in [6.45, 7) is 0.463. The third kappa shape index (κ3) is 3.32. The van der Waals surface area contributed by atoms with E-state index in [2.05, 4.69) is 17.2 Å². The normalized spacial score (nSPS) is 14.6. The van der Waals surface area contributed by atoms with E-state index in [0.717, 1.165) is 23.3 Å². The van der Waals surface area contributed by atoms with E-state index in [9.17, 15) is 4.79 Å². The van der Waals surface area contributed by atoms with Gasteiger partial charge in [0.25, 0.3) is 0 Å². The number of aliphatic hydroxyl groups excluding tert-OH is 1. The Kier molecular flexibility index (Phi) is 4.18. The summed E-state index contributed by atoms with van der Waals surface area (Å²) in [6.07, 6.45) is 3.24. The van der Waals surface area contributed by atoms with Crippen LogP contribution in [-0.2, 0) is 11.3 Å². The van der Waals surface area contributed by atoms with Crippen molar-refractivity contribution < 1.29 is 9.90 Å². The number of carbonyl (C=O) groups is 1. The summed E-state index contributed by atoms with van der Waals surface area (Å²) < 4.78 is 0. The van der Waals surface area contributed by atoms with E-state index in [1.165, 1.54) is 6.42 Å². The lowest BCUT2D eigenvalue weighted by Crippen LogP contribution is -2.33. The molecule has 1 heterocycles. The Labute approximate surface area is 105 Å². The van der Waals surface area contributed by atoms with Gasteiger partial charge in [-0.15, -0.1) is 11.3 Å². The van der Waals surface area contributed by atoms with Crippen molar-refractivity contribution in [2.75, 3.05) is 6.61 Å². The van der Waals surface area contributed by atoms with Crippen molar-refractivity contribution in [3.05, 3.63) is 21.9 Å². The van der Waals surface area contributed by atoms with Crippen LogP contribution in [0.2, 0.25) is 0 Å². The average Bonchev–Trinajstić information content (AvgIpc) is 2.69. The molecule has 0 bridgehead atoms. The summed E-state index contributed by atoms with van der Waals surface area (Å²) >= 11 is 1.58. The lowest BCUT2D eigenvalue weighted by atomic mass is 9.85. The molecule has 2 N–H and O–H groups in total. The van der Waals surface area contributed by atoms with Crippen LogP contribution in [0.4, 0.5) is 0 Å². The molecule has 4 heteroatoms. The van der Waals surface area contributed by atoms with Crippen molar-refractivity contribution in [2.45, 2.75) is 25.8 Å². The molecule has 0 radical (unpaired) electrons. The first-order valence-corrected chi connectivity index (χ1v) is 6.62. The van der Waals surface area contributed by atoms with Crippen LogP contribution in [0.25, 0.3) is 0 Å². The van der Waals surface area contributed by atoms with Gasteiger partial charge >= 0.3 is 0 Å². The number of carbonyl (C=O) groups excluding carboxylic acids is 1. The maximum atomic E-state index is 11.6. The zero-order chi connectivity index (χ0) is 12.1. The molecule has 17 heavy (non-hydrogen) atoms. The predicted molar refractivity (Wildman–Crippen MR) is 67.5 cm³/mol. The Morgan fingerprint density at radius 1 is 1.59 bits per heavy atom. The minimum atomic E-state index is -0.121. The van der Waals surface area contributed by atoms with Crippen LogP contribution in [0.15, 0.2) is 11.4 Å². The highest BCUT2D eigenvalue weighted by atomic mass is 32.1. The van der Waals surface area contributed by atoms with Gasteiger partial charge < -0.3 is 10.4 Å². The topological polar surface area (TPSA) is 49.3 Å². The van der Waals surface area contributed by atoms with Gasteiger partial charge in [-0.3, -0.25) is 4.79 Å². The first-order chi connectivity index (χ1) is 8.29. The Bertz CT molecular complexity index is 451. The minimum Gasteiger partial charge on any atom is -0.384 e. The minimum absolute atomic E-state index is 0.121. The van der Waals surface area contributed by atoms with Gasteiger partial charge in [0.05, 0.1) is 6.54 Å². The number of nitrogens with one attached hydrogen (secondary N) is 1. The van der Waals surface area contributed by atoms with E-state index in [1.54, 1.807) is 11.3 Å². The van der Waals surface area contributed by atoms with Crippen molar-refractivity contribution in [1.82, 2.24) is 5.32 Å². The fourth-order valence-corrected chi connectivity index (χ4v) is 2.43. The molecule has 1 fully saturated rings. The third-order valence-corrected chi connectivity index (χ3v) is 3.82. The molecular formula is C13H15NO2S. The van der Waals surface area contributed by atoms with Crippen molar-refractivity contribution in [3.63, 3.8) is 0 Å². The molecule has 0 aromatic carbocycles. The van der Waals surface area contributed by atoms with Gasteiger partial charge in [0.1, 0.15) is 6.61 Å². The molecule has 1 saturated carbocycles. The molecule has 0 unspecified atom stereocenters. The first kappa shape index (κ1) is 12.2. The molecule has 1 aromatic heterocycles. The summed E-state index contributed by atoms with van der Waals surface area (Å²) in [4.78, 5) is 12.7. The van der Waals surface area contributed by atoms with Gasteiger partial charge in [-0.25, -0.2) is 0 Å². The molecule has 1 aliphatic carbocycles. The zero-order valence-electron chi connectivity index (χ0n) is 9.53. The molecule has 1 aromatic rings. The molecule has 1 amide bonds. The first-order valence-electron chi connectivity index (χ1n) is 5.74. The number of rotatable bonds is 3. The van der Waals surface area contributed by atoms with Gasteiger partial charge in [0.15, 0.2) is 0 Å². The molecule has 3 nitrogen and oxygen atoms in total. The van der Waals surface area contributed by atoms with Crippen molar-refractivity contribution in [1.29, 1.82) is 0 Å². The standard InChI is InChI=1S/C13H15NO2S/c15-6-2-3-10-7-12(17-9-10)8-14-13(16)11-4-1-5-11/h7,9,11,15H,1,4-6,8H2,(H,14,16). The van der Waals surface area contributed by atoms with Crippen LogP contribution < -0.4 is 5.32 Å². The van der Waals surface area contributed by atoms with E-state index in [4.69, 9.17) is 5.11 Å². The maximum Gasteiger partial charge on any atom is 0.223 e. The molecule has 0 aliphatic heterocycles. The number of amides is 1. The number of hydrogen-bond donors (Lipinski definition) is 2. The molecule has 2 rings (SSSR count). The highest BCUT2D eigenvalue weighted by Crippen LogP contribution is 2.26. The van der Waals surface area contributed by atoms with E-state index >= 15 is 0 Å². The SMILES string of the molecule is O=C(NCc1cc(C#CCO)cs1)C1CCC1. The molecule has 0 spiro atoms. The van der Waals surface area contributed by atoms with Gasteiger partial charge in [0.2, 0.25) is 5.91 Å². The Balaban J connectivity index is 1.82. The zero-order valence-corrected chi connectivity index (χ0v) is 10.3. The second kappa shape index (κ2) is 5.85. The van der Waals surface area contributed by atoms with Crippen LogP contribution in [0.1, 0.15) is 29.7 Å². The van der Waals surface area contributed by atoms with E-state index in [-0.39, 0.29) is 18.4 Å². The number of thiophene rings is 1. The van der Waals surface area contributed by atoms with E-state index in [1.807, 2.05) is 11.4 Å². The Morgan fingerprint density at radius 2 is 2.41 bits per heavy atom. The van der Waals surface area contributed by atoms with Crippen LogP contribution in [0, 0.1) is 17.8 Å². The fraction of sp³-hybridized carbons (Fsp3) is 0.462. The largest absolute Gasteiger partial charge is 0.384 e. The monoisotopic (exact) mass is 249 g/mol. The van der Waals surface area contributed by atoms with Crippen molar-refractivity contribution in [3.8, 4) is 11.8 Å². The summed E-state index contributed by atoms with van der Waals surface area (Å²) in [5, 5.41) is 13.5. The molecular weight excluding hydrogens is 234 g/mol. The average molecular weight is 249 g/mol. The van der Waals surface area contributed by atoms with Crippen LogP contribution in [-0.4, -0.2) is 17.6 Å². The van der Waals surface area contributed by atoms with Crippen LogP contribution >= 0.6 is 11.3 Å². The quantitative estimate of drug-likeness (QED) is 0.798. The number of aliphatic hydroxyl groups is 1. The molecule has 0 atom stereocenters. The lowest BCUT2D eigenvalue weighted by molar-refractivity contribution is -0.127. The van der Waals surface area contributed by atoms with Crippen molar-refractivity contribution in [2.24, 2.45) is 5.92 Å². The van der Waals surface area contributed by atoms with Gasteiger partial charge in [-0.2, -0.15) is 0 Å². The van der Waals surface area contributed by atoms with E-state index < -0.39 is 0 Å². The highest BCUT2D eigenvalue weighted by Gasteiger charge is 2.24. The third-order valence-electron chi connectivity index (χ3n) is 2.88. The van der Waals surface area contributed by atoms with Crippen LogP contribution in [0.3, 0.4) is 0 Å². The van der Waals surface area contributed by atoms with Gasteiger partial charge in [-0.05, 0) is 18.9 Å².